The molecule has 0 aliphatic carbocycles. The molecule has 0 saturated heterocycles. The highest BCUT2D eigenvalue weighted by molar-refractivity contribution is 6.03. The molecule has 1 N–H and O–H groups in total. The second-order valence-electron chi connectivity index (χ2n) is 3.10. The van der Waals surface area contributed by atoms with Crippen molar-refractivity contribution < 1.29 is 4.79 Å². The summed E-state index contributed by atoms with van der Waals surface area (Å²) in [5, 5.41) is 10.1. The van der Waals surface area contributed by atoms with E-state index in [1.54, 1.807) is 25.4 Å². The second kappa shape index (κ2) is 3.91. The third-order valence-electron chi connectivity index (χ3n) is 1.88. The molecule has 5 heteroatoms. The molecular formula is C10H10N4O. The van der Waals surface area contributed by atoms with Crippen LogP contribution in [0.5, 0.6) is 0 Å². The van der Waals surface area contributed by atoms with Gasteiger partial charge in [0.25, 0.3) is 5.91 Å². The normalized spacial score (nSPS) is 9.93. The lowest BCUT2D eigenvalue weighted by atomic mass is 10.2. The predicted octanol–water partition coefficient (Wildman–Crippen LogP) is 1.07. The molecule has 0 bridgehead atoms. The molecule has 2 rings (SSSR count). The number of hydrogen-bond donors (Lipinski definition) is 1. The molecule has 0 unspecified atom stereocenters. The van der Waals surface area contributed by atoms with Gasteiger partial charge in [-0.3, -0.25) is 9.48 Å². The molecule has 15 heavy (non-hydrogen) atoms. The Hall–Kier alpha value is -2.17. The number of nitrogens with one attached hydrogen (secondary N) is 1. The molecule has 0 atom stereocenters. The zero-order valence-electron chi connectivity index (χ0n) is 8.21. The molecule has 1 aromatic carbocycles. The van der Waals surface area contributed by atoms with Gasteiger partial charge in [-0.15, -0.1) is 5.10 Å². The van der Waals surface area contributed by atoms with E-state index in [9.17, 15) is 4.79 Å². The van der Waals surface area contributed by atoms with Gasteiger partial charge in [-0.05, 0) is 12.1 Å². The molecule has 0 spiro atoms. The number of aromatic nitrogens is 3. The topological polar surface area (TPSA) is 59.8 Å². The number of carbonyl (C=O) groups is 1. The van der Waals surface area contributed by atoms with E-state index in [0.717, 1.165) is 0 Å². The van der Waals surface area contributed by atoms with Crippen molar-refractivity contribution in [3.63, 3.8) is 0 Å². The number of hydrogen-bond acceptors (Lipinski definition) is 3. The minimum absolute atomic E-state index is 0.184. The highest BCUT2D eigenvalue weighted by Gasteiger charge is 2.06. The quantitative estimate of drug-likeness (QED) is 0.792. The fourth-order valence-corrected chi connectivity index (χ4v) is 1.18. The van der Waals surface area contributed by atoms with Crippen LogP contribution in [0.3, 0.4) is 0 Å². The SMILES string of the molecule is Cn1cc(NC(=O)c2ccccc2)nn1. The maximum atomic E-state index is 11.6. The Morgan fingerprint density at radius 3 is 2.67 bits per heavy atom. The fourth-order valence-electron chi connectivity index (χ4n) is 1.18. The molecule has 76 valence electrons. The van der Waals surface area contributed by atoms with E-state index < -0.39 is 0 Å². The minimum Gasteiger partial charge on any atom is -0.304 e. The smallest absolute Gasteiger partial charge is 0.256 e. The summed E-state index contributed by atoms with van der Waals surface area (Å²) in [6.45, 7) is 0. The van der Waals surface area contributed by atoms with Crippen molar-refractivity contribution in [1.82, 2.24) is 15.0 Å². The van der Waals surface area contributed by atoms with Crippen LogP contribution >= 0.6 is 0 Å². The summed E-state index contributed by atoms with van der Waals surface area (Å²) in [5.41, 5.74) is 0.600. The maximum absolute atomic E-state index is 11.6. The molecule has 0 saturated carbocycles. The number of amides is 1. The highest BCUT2D eigenvalue weighted by Crippen LogP contribution is 2.04. The first-order valence-corrected chi connectivity index (χ1v) is 4.48. The van der Waals surface area contributed by atoms with Crippen LogP contribution in [0.4, 0.5) is 5.82 Å². The van der Waals surface area contributed by atoms with E-state index >= 15 is 0 Å². The number of rotatable bonds is 2. The molecule has 5 nitrogen and oxygen atoms in total. The van der Waals surface area contributed by atoms with Crippen LogP contribution < -0.4 is 5.32 Å². The lowest BCUT2D eigenvalue weighted by Gasteiger charge is -1.99. The second-order valence-corrected chi connectivity index (χ2v) is 3.10. The van der Waals surface area contributed by atoms with Crippen LogP contribution in [-0.2, 0) is 7.05 Å². The van der Waals surface area contributed by atoms with Crippen molar-refractivity contribution in [1.29, 1.82) is 0 Å². The van der Waals surface area contributed by atoms with E-state index in [1.807, 2.05) is 18.2 Å². The average Bonchev–Trinajstić information content (AvgIpc) is 2.65. The van der Waals surface area contributed by atoms with E-state index in [0.29, 0.717) is 11.4 Å². The van der Waals surface area contributed by atoms with Gasteiger partial charge in [-0.25, -0.2) is 0 Å². The van der Waals surface area contributed by atoms with Crippen LogP contribution in [0.2, 0.25) is 0 Å². The van der Waals surface area contributed by atoms with E-state index in [4.69, 9.17) is 0 Å². The Morgan fingerprint density at radius 1 is 1.33 bits per heavy atom. The molecule has 1 amide bonds. The maximum Gasteiger partial charge on any atom is 0.256 e. The molecule has 1 aromatic heterocycles. The molecule has 1 heterocycles. The number of carbonyl (C=O) groups excluding carboxylic acids is 1. The molecular weight excluding hydrogens is 192 g/mol. The van der Waals surface area contributed by atoms with Gasteiger partial charge in [0.15, 0.2) is 5.82 Å². The first kappa shape index (κ1) is 9.39. The average molecular weight is 202 g/mol. The number of benzene rings is 1. The van der Waals surface area contributed by atoms with Crippen molar-refractivity contribution in [3.05, 3.63) is 42.1 Å². The Balaban J connectivity index is 2.11. The van der Waals surface area contributed by atoms with Crippen LogP contribution in [0.25, 0.3) is 0 Å². The zero-order valence-corrected chi connectivity index (χ0v) is 8.21. The van der Waals surface area contributed by atoms with Gasteiger partial charge < -0.3 is 5.32 Å². The number of anilines is 1. The lowest BCUT2D eigenvalue weighted by Crippen LogP contribution is -2.11. The van der Waals surface area contributed by atoms with Crippen LogP contribution in [0.15, 0.2) is 36.5 Å². The van der Waals surface area contributed by atoms with Crippen molar-refractivity contribution in [2.24, 2.45) is 7.05 Å². The summed E-state index contributed by atoms with van der Waals surface area (Å²) in [5.74, 6) is 0.266. The van der Waals surface area contributed by atoms with E-state index in [2.05, 4.69) is 15.6 Å². The Kier molecular flexibility index (Phi) is 2.45. The zero-order chi connectivity index (χ0) is 10.7. The van der Waals surface area contributed by atoms with Crippen molar-refractivity contribution in [3.8, 4) is 0 Å². The minimum atomic E-state index is -0.184. The Labute approximate surface area is 86.7 Å². The van der Waals surface area contributed by atoms with Gasteiger partial charge in [0.2, 0.25) is 0 Å². The van der Waals surface area contributed by atoms with Gasteiger partial charge in [0.05, 0.1) is 6.20 Å². The van der Waals surface area contributed by atoms with Crippen LogP contribution in [-0.4, -0.2) is 20.9 Å². The van der Waals surface area contributed by atoms with Gasteiger partial charge in [-0.1, -0.05) is 23.4 Å². The Morgan fingerprint density at radius 2 is 2.07 bits per heavy atom. The van der Waals surface area contributed by atoms with Crippen LogP contribution in [0, 0.1) is 0 Å². The third kappa shape index (κ3) is 2.19. The first-order valence-electron chi connectivity index (χ1n) is 4.48. The predicted molar refractivity (Wildman–Crippen MR) is 55.4 cm³/mol. The standard InChI is InChI=1S/C10H10N4O/c1-14-7-9(12-13-14)11-10(15)8-5-3-2-4-6-8/h2-7H,1H3,(H,11,15). The number of nitrogens with zero attached hydrogens (tertiary/aromatic N) is 3. The van der Waals surface area contributed by atoms with E-state index in [-0.39, 0.29) is 5.91 Å². The lowest BCUT2D eigenvalue weighted by molar-refractivity contribution is 0.102. The molecule has 0 aliphatic heterocycles. The summed E-state index contributed by atoms with van der Waals surface area (Å²) in [7, 11) is 1.74. The summed E-state index contributed by atoms with van der Waals surface area (Å²) < 4.78 is 1.53. The first-order chi connectivity index (χ1) is 7.25. The third-order valence-corrected chi connectivity index (χ3v) is 1.88. The van der Waals surface area contributed by atoms with Gasteiger partial charge in [0.1, 0.15) is 0 Å². The van der Waals surface area contributed by atoms with Crippen molar-refractivity contribution in [2.75, 3.05) is 5.32 Å². The Bertz CT molecular complexity index is 463. The van der Waals surface area contributed by atoms with Gasteiger partial charge >= 0.3 is 0 Å². The number of aryl methyl sites for hydroxylation is 1. The molecule has 0 aliphatic rings. The molecule has 0 fully saturated rings. The van der Waals surface area contributed by atoms with E-state index in [1.165, 1.54) is 4.68 Å². The largest absolute Gasteiger partial charge is 0.304 e. The summed E-state index contributed by atoms with van der Waals surface area (Å²) in [6, 6.07) is 8.97. The van der Waals surface area contributed by atoms with Crippen molar-refractivity contribution >= 4 is 11.7 Å². The summed E-state index contributed by atoms with van der Waals surface area (Å²) >= 11 is 0. The van der Waals surface area contributed by atoms with Crippen LogP contribution in [0.1, 0.15) is 10.4 Å². The van der Waals surface area contributed by atoms with Gasteiger partial charge in [0, 0.05) is 12.6 Å². The molecule has 2 aromatic rings. The van der Waals surface area contributed by atoms with Crippen molar-refractivity contribution in [2.45, 2.75) is 0 Å². The van der Waals surface area contributed by atoms with Gasteiger partial charge in [-0.2, -0.15) is 0 Å². The summed E-state index contributed by atoms with van der Waals surface area (Å²) in [6.07, 6.45) is 1.64. The summed E-state index contributed by atoms with van der Waals surface area (Å²) in [4.78, 5) is 11.6. The monoisotopic (exact) mass is 202 g/mol. The highest BCUT2D eigenvalue weighted by atomic mass is 16.1. The fraction of sp³-hybridized carbons (Fsp3) is 0.100. The molecule has 0 radical (unpaired) electrons.